The molecule has 2 rings (SSSR count). The largest absolute Gasteiger partial charge is 0.508 e. The second-order valence-corrected chi connectivity index (χ2v) is 5.52. The maximum absolute atomic E-state index is 12.2. The molecule has 1 aromatic carbocycles. The van der Waals surface area contributed by atoms with E-state index in [9.17, 15) is 9.90 Å². The molecular formula is C15H17NO2S. The van der Waals surface area contributed by atoms with Gasteiger partial charge in [0.1, 0.15) is 5.75 Å². The molecule has 1 aromatic heterocycles. The lowest BCUT2D eigenvalue weighted by Crippen LogP contribution is -2.30. The summed E-state index contributed by atoms with van der Waals surface area (Å²) in [7, 11) is 1.81. The summed E-state index contributed by atoms with van der Waals surface area (Å²) in [6.07, 6.45) is 0.306. The number of hydrogen-bond acceptors (Lipinski definition) is 3. The van der Waals surface area contributed by atoms with Crippen LogP contribution in [0.2, 0.25) is 0 Å². The van der Waals surface area contributed by atoms with Crippen molar-refractivity contribution in [1.82, 2.24) is 4.90 Å². The van der Waals surface area contributed by atoms with E-state index in [1.165, 1.54) is 4.88 Å². The number of nitrogens with zero attached hydrogens (tertiary/aromatic N) is 1. The van der Waals surface area contributed by atoms with Crippen molar-refractivity contribution in [2.24, 2.45) is 0 Å². The highest BCUT2D eigenvalue weighted by atomic mass is 32.1. The third kappa shape index (κ3) is 3.35. The maximum atomic E-state index is 12.2. The van der Waals surface area contributed by atoms with Gasteiger partial charge in [-0.05, 0) is 36.1 Å². The number of aromatic hydroxyl groups is 1. The minimum atomic E-state index is 0.0477. The van der Waals surface area contributed by atoms with E-state index in [1.54, 1.807) is 34.4 Å². The Morgan fingerprint density at radius 1 is 1.37 bits per heavy atom. The van der Waals surface area contributed by atoms with Gasteiger partial charge in [-0.25, -0.2) is 0 Å². The topological polar surface area (TPSA) is 40.5 Å². The fourth-order valence-electron chi connectivity index (χ4n) is 1.90. The van der Waals surface area contributed by atoms with Crippen molar-refractivity contribution in [1.29, 1.82) is 0 Å². The van der Waals surface area contributed by atoms with Crippen molar-refractivity contribution in [3.8, 4) is 5.75 Å². The molecule has 100 valence electrons. The molecule has 1 atom stereocenters. The minimum Gasteiger partial charge on any atom is -0.508 e. The van der Waals surface area contributed by atoms with Gasteiger partial charge < -0.3 is 10.0 Å². The number of phenols is 1. The van der Waals surface area contributed by atoms with Gasteiger partial charge in [0.2, 0.25) is 5.91 Å². The first kappa shape index (κ1) is 13.6. The van der Waals surface area contributed by atoms with E-state index >= 15 is 0 Å². The van der Waals surface area contributed by atoms with Crippen molar-refractivity contribution >= 4 is 17.2 Å². The van der Waals surface area contributed by atoms with Crippen molar-refractivity contribution in [2.75, 3.05) is 7.05 Å². The SMILES string of the molecule is CC(c1cccs1)N(C)C(=O)Cc1cccc(O)c1. The number of rotatable bonds is 4. The highest BCUT2D eigenvalue weighted by molar-refractivity contribution is 7.10. The van der Waals surface area contributed by atoms with Crippen LogP contribution in [0.3, 0.4) is 0 Å². The van der Waals surface area contributed by atoms with E-state index < -0.39 is 0 Å². The lowest BCUT2D eigenvalue weighted by molar-refractivity contribution is -0.131. The highest BCUT2D eigenvalue weighted by Crippen LogP contribution is 2.24. The molecule has 4 heteroatoms. The normalized spacial score (nSPS) is 12.1. The van der Waals surface area contributed by atoms with Crippen LogP contribution in [-0.2, 0) is 11.2 Å². The first-order chi connectivity index (χ1) is 9.08. The summed E-state index contributed by atoms with van der Waals surface area (Å²) < 4.78 is 0. The van der Waals surface area contributed by atoms with Crippen molar-refractivity contribution in [3.05, 3.63) is 52.2 Å². The van der Waals surface area contributed by atoms with Crippen LogP contribution < -0.4 is 0 Å². The molecule has 2 aromatic rings. The fourth-order valence-corrected chi connectivity index (χ4v) is 2.73. The maximum Gasteiger partial charge on any atom is 0.227 e. The summed E-state index contributed by atoms with van der Waals surface area (Å²) in [5.41, 5.74) is 0.829. The van der Waals surface area contributed by atoms with Crippen molar-refractivity contribution in [2.45, 2.75) is 19.4 Å². The molecule has 1 heterocycles. The van der Waals surface area contributed by atoms with Gasteiger partial charge in [0.15, 0.2) is 0 Å². The van der Waals surface area contributed by atoms with E-state index in [4.69, 9.17) is 0 Å². The summed E-state index contributed by atoms with van der Waals surface area (Å²) in [6.45, 7) is 2.02. The van der Waals surface area contributed by atoms with Gasteiger partial charge in [0, 0.05) is 11.9 Å². The van der Waals surface area contributed by atoms with Crippen LogP contribution in [-0.4, -0.2) is 23.0 Å². The summed E-state index contributed by atoms with van der Waals surface area (Å²) in [5.74, 6) is 0.241. The zero-order chi connectivity index (χ0) is 13.8. The highest BCUT2D eigenvalue weighted by Gasteiger charge is 2.18. The fraction of sp³-hybridized carbons (Fsp3) is 0.267. The van der Waals surface area contributed by atoms with E-state index in [0.717, 1.165) is 5.56 Å². The molecule has 0 spiro atoms. The first-order valence-corrected chi connectivity index (χ1v) is 7.03. The zero-order valence-electron chi connectivity index (χ0n) is 11.0. The molecule has 19 heavy (non-hydrogen) atoms. The van der Waals surface area contributed by atoms with Gasteiger partial charge in [0.05, 0.1) is 12.5 Å². The lowest BCUT2D eigenvalue weighted by atomic mass is 10.1. The molecule has 1 amide bonds. The Bertz CT molecular complexity index is 551. The molecular weight excluding hydrogens is 258 g/mol. The van der Waals surface area contributed by atoms with Gasteiger partial charge >= 0.3 is 0 Å². The second kappa shape index (κ2) is 5.89. The third-order valence-electron chi connectivity index (χ3n) is 3.20. The van der Waals surface area contributed by atoms with Gasteiger partial charge in [-0.15, -0.1) is 11.3 Å². The number of hydrogen-bond donors (Lipinski definition) is 1. The molecule has 0 radical (unpaired) electrons. The van der Waals surface area contributed by atoms with Crippen LogP contribution in [0, 0.1) is 0 Å². The summed E-state index contributed by atoms with van der Waals surface area (Å²) >= 11 is 1.65. The number of carbonyl (C=O) groups excluding carboxylic acids is 1. The molecule has 0 saturated carbocycles. The van der Waals surface area contributed by atoms with Gasteiger partial charge in [-0.2, -0.15) is 0 Å². The van der Waals surface area contributed by atoms with Gasteiger partial charge in [-0.3, -0.25) is 4.79 Å². The van der Waals surface area contributed by atoms with Crippen molar-refractivity contribution in [3.63, 3.8) is 0 Å². The number of thiophene rings is 1. The van der Waals surface area contributed by atoms with Crippen molar-refractivity contribution < 1.29 is 9.90 Å². The van der Waals surface area contributed by atoms with E-state index in [1.807, 2.05) is 37.6 Å². The van der Waals surface area contributed by atoms with Crippen LogP contribution in [0.15, 0.2) is 41.8 Å². The third-order valence-corrected chi connectivity index (χ3v) is 4.24. The molecule has 0 aliphatic rings. The predicted octanol–water partition coefficient (Wildman–Crippen LogP) is 3.22. The van der Waals surface area contributed by atoms with Crippen LogP contribution in [0.4, 0.5) is 0 Å². The molecule has 1 N–H and O–H groups in total. The Morgan fingerprint density at radius 2 is 2.16 bits per heavy atom. The summed E-state index contributed by atoms with van der Waals surface area (Å²) in [6, 6.07) is 10.9. The molecule has 0 aliphatic heterocycles. The van der Waals surface area contributed by atoms with Crippen LogP contribution in [0.25, 0.3) is 0 Å². The Labute approximate surface area is 117 Å². The standard InChI is InChI=1S/C15H17NO2S/c1-11(14-7-4-8-19-14)16(2)15(18)10-12-5-3-6-13(17)9-12/h3-9,11,17H,10H2,1-2H3. The second-order valence-electron chi connectivity index (χ2n) is 4.54. The monoisotopic (exact) mass is 275 g/mol. The quantitative estimate of drug-likeness (QED) is 0.930. The summed E-state index contributed by atoms with van der Waals surface area (Å²) in [5, 5.41) is 11.4. The smallest absolute Gasteiger partial charge is 0.227 e. The molecule has 3 nitrogen and oxygen atoms in total. The Kier molecular flexibility index (Phi) is 4.22. The molecule has 0 fully saturated rings. The number of amides is 1. The Hall–Kier alpha value is -1.81. The van der Waals surface area contributed by atoms with E-state index in [2.05, 4.69) is 0 Å². The molecule has 0 bridgehead atoms. The minimum absolute atomic E-state index is 0.0477. The predicted molar refractivity (Wildman–Crippen MR) is 77.3 cm³/mol. The van der Waals surface area contributed by atoms with Crippen LogP contribution >= 0.6 is 11.3 Å². The van der Waals surface area contributed by atoms with Crippen LogP contribution in [0.1, 0.15) is 23.4 Å². The zero-order valence-corrected chi connectivity index (χ0v) is 11.9. The van der Waals surface area contributed by atoms with Gasteiger partial charge in [0.25, 0.3) is 0 Å². The number of likely N-dealkylation sites (N-methyl/N-ethyl adjacent to an activating group) is 1. The Morgan fingerprint density at radius 3 is 2.79 bits per heavy atom. The average Bonchev–Trinajstić information content (AvgIpc) is 2.90. The first-order valence-electron chi connectivity index (χ1n) is 6.15. The van der Waals surface area contributed by atoms with E-state index in [0.29, 0.717) is 6.42 Å². The molecule has 1 unspecified atom stereocenters. The Balaban J connectivity index is 2.03. The lowest BCUT2D eigenvalue weighted by Gasteiger charge is -2.24. The number of benzene rings is 1. The van der Waals surface area contributed by atoms with Crippen LogP contribution in [0.5, 0.6) is 5.75 Å². The number of carbonyl (C=O) groups is 1. The van der Waals surface area contributed by atoms with Gasteiger partial charge in [-0.1, -0.05) is 18.2 Å². The molecule has 0 saturated heterocycles. The average molecular weight is 275 g/mol. The summed E-state index contributed by atoms with van der Waals surface area (Å²) in [4.78, 5) is 15.1. The van der Waals surface area contributed by atoms with E-state index in [-0.39, 0.29) is 17.7 Å². The number of phenolic OH excluding ortho intramolecular Hbond substituents is 1. The molecule has 0 aliphatic carbocycles.